The fourth-order valence-corrected chi connectivity index (χ4v) is 3.32. The first kappa shape index (κ1) is 12.6. The van der Waals surface area contributed by atoms with E-state index in [1.165, 1.54) is 61.9 Å². The van der Waals surface area contributed by atoms with Gasteiger partial charge in [0.2, 0.25) is 0 Å². The van der Waals surface area contributed by atoms with Crippen molar-refractivity contribution < 1.29 is 4.48 Å². The summed E-state index contributed by atoms with van der Waals surface area (Å²) in [7, 11) is 0. The van der Waals surface area contributed by atoms with E-state index in [2.05, 4.69) is 31.7 Å². The molecule has 1 nitrogen and oxygen atoms in total. The molecular weight excluding hydrogens is 206 g/mol. The standard InChI is InChI=1S/C16H26N/c1-3-15(4-2)7-5-6-11-17-12-8-16(9-13-17)10-14-17/h3-5,7,16H,1,6,8-14H2,2H3/q+1/b7-5-,15-4-. The molecule has 3 saturated heterocycles. The van der Waals surface area contributed by atoms with E-state index in [-0.39, 0.29) is 0 Å². The van der Waals surface area contributed by atoms with Crippen LogP contribution in [-0.4, -0.2) is 30.7 Å². The summed E-state index contributed by atoms with van der Waals surface area (Å²) in [4.78, 5) is 0. The van der Waals surface area contributed by atoms with Gasteiger partial charge in [-0.25, -0.2) is 0 Å². The van der Waals surface area contributed by atoms with Gasteiger partial charge in [-0.15, -0.1) is 0 Å². The Morgan fingerprint density at radius 2 is 1.88 bits per heavy atom. The lowest BCUT2D eigenvalue weighted by atomic mass is 9.85. The van der Waals surface area contributed by atoms with Crippen LogP contribution in [-0.2, 0) is 0 Å². The second-order valence-electron chi connectivity index (χ2n) is 5.65. The van der Waals surface area contributed by atoms with Gasteiger partial charge in [0.25, 0.3) is 0 Å². The number of hydrogen-bond donors (Lipinski definition) is 0. The summed E-state index contributed by atoms with van der Waals surface area (Å²) in [5, 5.41) is 0. The highest BCUT2D eigenvalue weighted by atomic mass is 15.4. The molecule has 0 aromatic carbocycles. The molecule has 0 saturated carbocycles. The summed E-state index contributed by atoms with van der Waals surface area (Å²) in [5.41, 5.74) is 1.24. The Balaban J connectivity index is 1.80. The molecule has 0 amide bonds. The molecule has 0 N–H and O–H groups in total. The van der Waals surface area contributed by atoms with Gasteiger partial charge < -0.3 is 4.48 Å². The number of rotatable bonds is 5. The van der Waals surface area contributed by atoms with Crippen molar-refractivity contribution in [3.8, 4) is 0 Å². The van der Waals surface area contributed by atoms with Crippen LogP contribution in [0.3, 0.4) is 0 Å². The molecule has 0 atom stereocenters. The predicted octanol–water partition coefficient (Wildman–Crippen LogP) is 3.70. The van der Waals surface area contributed by atoms with Crippen molar-refractivity contribution in [3.05, 3.63) is 36.5 Å². The summed E-state index contributed by atoms with van der Waals surface area (Å²) < 4.78 is 1.40. The van der Waals surface area contributed by atoms with Gasteiger partial charge in [-0.3, -0.25) is 0 Å². The summed E-state index contributed by atoms with van der Waals surface area (Å²) >= 11 is 0. The van der Waals surface area contributed by atoms with E-state index in [0.717, 1.165) is 5.92 Å². The Labute approximate surface area is 106 Å². The monoisotopic (exact) mass is 232 g/mol. The molecule has 0 aliphatic carbocycles. The number of piperidine rings is 3. The molecule has 2 bridgehead atoms. The molecule has 0 aromatic heterocycles. The second-order valence-corrected chi connectivity index (χ2v) is 5.65. The van der Waals surface area contributed by atoms with Crippen molar-refractivity contribution in [1.82, 2.24) is 0 Å². The Bertz CT molecular complexity index is 303. The first-order chi connectivity index (χ1) is 8.28. The highest BCUT2D eigenvalue weighted by Crippen LogP contribution is 2.33. The molecule has 17 heavy (non-hydrogen) atoms. The molecule has 1 heteroatoms. The first-order valence-corrected chi connectivity index (χ1v) is 7.08. The van der Waals surface area contributed by atoms with Gasteiger partial charge in [0.1, 0.15) is 0 Å². The molecule has 3 rings (SSSR count). The number of hydrogen-bond acceptors (Lipinski definition) is 0. The summed E-state index contributed by atoms with van der Waals surface area (Å²) in [5.74, 6) is 1.07. The molecule has 3 heterocycles. The molecule has 94 valence electrons. The van der Waals surface area contributed by atoms with E-state index in [1.54, 1.807) is 0 Å². The van der Waals surface area contributed by atoms with Crippen LogP contribution in [0.2, 0.25) is 0 Å². The van der Waals surface area contributed by atoms with Crippen LogP contribution in [0.25, 0.3) is 0 Å². The van der Waals surface area contributed by atoms with Gasteiger partial charge in [0, 0.05) is 6.42 Å². The van der Waals surface area contributed by atoms with Gasteiger partial charge in [0.05, 0.1) is 26.2 Å². The zero-order valence-electron chi connectivity index (χ0n) is 11.2. The zero-order chi connectivity index (χ0) is 12.1. The maximum Gasteiger partial charge on any atom is 0.0821 e. The zero-order valence-corrected chi connectivity index (χ0v) is 11.2. The molecule has 3 fully saturated rings. The van der Waals surface area contributed by atoms with E-state index >= 15 is 0 Å². The fourth-order valence-electron chi connectivity index (χ4n) is 3.32. The Kier molecular flexibility index (Phi) is 4.22. The van der Waals surface area contributed by atoms with Gasteiger partial charge >= 0.3 is 0 Å². The van der Waals surface area contributed by atoms with Crippen LogP contribution in [0.4, 0.5) is 0 Å². The van der Waals surface area contributed by atoms with E-state index in [4.69, 9.17) is 0 Å². The highest BCUT2D eigenvalue weighted by molar-refractivity contribution is 5.28. The van der Waals surface area contributed by atoms with Gasteiger partial charge in [-0.05, 0) is 37.7 Å². The van der Waals surface area contributed by atoms with Crippen molar-refractivity contribution in [2.24, 2.45) is 5.92 Å². The largest absolute Gasteiger partial charge is 0.323 e. The first-order valence-electron chi connectivity index (χ1n) is 7.08. The van der Waals surface area contributed by atoms with Crippen LogP contribution in [0.5, 0.6) is 0 Å². The fraction of sp³-hybridized carbons (Fsp3) is 0.625. The summed E-state index contributed by atoms with van der Waals surface area (Å²) in [6, 6.07) is 0. The third-order valence-electron chi connectivity index (χ3n) is 4.68. The summed E-state index contributed by atoms with van der Waals surface area (Å²) in [6.45, 7) is 11.5. The lowest BCUT2D eigenvalue weighted by molar-refractivity contribution is -0.942. The SMILES string of the molecule is C=CC(/C=C\CC[N+]12CCC(CC1)CC2)=C/C. The van der Waals surface area contributed by atoms with Crippen molar-refractivity contribution in [2.75, 3.05) is 26.2 Å². The molecule has 3 aliphatic heterocycles. The normalized spacial score (nSPS) is 33.2. The van der Waals surface area contributed by atoms with Crippen LogP contribution >= 0.6 is 0 Å². The van der Waals surface area contributed by atoms with Gasteiger partial charge in [-0.1, -0.05) is 30.9 Å². The smallest absolute Gasteiger partial charge is 0.0821 e. The molecule has 0 spiro atoms. The van der Waals surface area contributed by atoms with Crippen LogP contribution in [0.1, 0.15) is 32.6 Å². The second kappa shape index (κ2) is 5.68. The number of nitrogens with zero attached hydrogens (tertiary/aromatic N) is 1. The number of quaternary nitrogens is 1. The van der Waals surface area contributed by atoms with E-state index < -0.39 is 0 Å². The molecule has 0 unspecified atom stereocenters. The quantitative estimate of drug-likeness (QED) is 0.501. The van der Waals surface area contributed by atoms with Crippen molar-refractivity contribution in [3.63, 3.8) is 0 Å². The Hall–Kier alpha value is -0.820. The van der Waals surface area contributed by atoms with Crippen molar-refractivity contribution in [1.29, 1.82) is 0 Å². The minimum atomic E-state index is 1.07. The van der Waals surface area contributed by atoms with E-state index in [0.29, 0.717) is 0 Å². The lowest BCUT2D eigenvalue weighted by Crippen LogP contribution is -2.58. The summed E-state index contributed by atoms with van der Waals surface area (Å²) in [6.07, 6.45) is 14.2. The number of allylic oxidation sites excluding steroid dienone is 4. The van der Waals surface area contributed by atoms with E-state index in [1.807, 2.05) is 6.08 Å². The molecule has 3 aliphatic rings. The van der Waals surface area contributed by atoms with Gasteiger partial charge in [-0.2, -0.15) is 0 Å². The third kappa shape index (κ3) is 3.10. The van der Waals surface area contributed by atoms with Crippen molar-refractivity contribution in [2.45, 2.75) is 32.6 Å². The Morgan fingerprint density at radius 3 is 2.41 bits per heavy atom. The van der Waals surface area contributed by atoms with Gasteiger partial charge in [0.15, 0.2) is 0 Å². The highest BCUT2D eigenvalue weighted by Gasteiger charge is 2.38. The maximum atomic E-state index is 3.81. The molecular formula is C16H26N+. The minimum absolute atomic E-state index is 1.07. The molecule has 0 aromatic rings. The van der Waals surface area contributed by atoms with E-state index in [9.17, 15) is 0 Å². The topological polar surface area (TPSA) is 0 Å². The van der Waals surface area contributed by atoms with Crippen LogP contribution in [0, 0.1) is 5.92 Å². The number of fused-ring (bicyclic) bond motifs is 3. The molecule has 0 radical (unpaired) electrons. The lowest BCUT2D eigenvalue weighted by Gasteiger charge is -2.49. The third-order valence-corrected chi connectivity index (χ3v) is 4.68. The predicted molar refractivity (Wildman–Crippen MR) is 74.8 cm³/mol. The van der Waals surface area contributed by atoms with Crippen LogP contribution in [0.15, 0.2) is 36.5 Å². The maximum absolute atomic E-state index is 3.81. The van der Waals surface area contributed by atoms with Crippen molar-refractivity contribution >= 4 is 0 Å². The minimum Gasteiger partial charge on any atom is -0.323 e. The average molecular weight is 232 g/mol. The Morgan fingerprint density at radius 1 is 1.24 bits per heavy atom. The van der Waals surface area contributed by atoms with Crippen LogP contribution < -0.4 is 0 Å². The average Bonchev–Trinajstić information content (AvgIpc) is 2.41.